The van der Waals surface area contributed by atoms with E-state index in [1.807, 2.05) is 19.4 Å². The molecule has 1 fully saturated rings. The second-order valence-corrected chi connectivity index (χ2v) is 6.36. The average Bonchev–Trinajstić information content (AvgIpc) is 2.77. The largest absolute Gasteiger partial charge is 0.356 e. The van der Waals surface area contributed by atoms with Crippen LogP contribution in [-0.2, 0) is 6.42 Å². The third-order valence-corrected chi connectivity index (χ3v) is 4.00. The SMILES string of the molecule is CN=C(NCCc1ccncc1C)N1CCC(C)(C)C1.I. The van der Waals surface area contributed by atoms with Gasteiger partial charge in [0.25, 0.3) is 0 Å². The maximum Gasteiger partial charge on any atom is 0.193 e. The van der Waals surface area contributed by atoms with Crippen LogP contribution in [0.3, 0.4) is 0 Å². The summed E-state index contributed by atoms with van der Waals surface area (Å²) in [5, 5.41) is 3.48. The fourth-order valence-electron chi connectivity index (χ4n) is 2.72. The maximum atomic E-state index is 4.41. The number of hydrogen-bond donors (Lipinski definition) is 1. The van der Waals surface area contributed by atoms with Gasteiger partial charge < -0.3 is 10.2 Å². The van der Waals surface area contributed by atoms with Crippen molar-refractivity contribution in [1.82, 2.24) is 15.2 Å². The number of guanidine groups is 1. The molecule has 0 atom stereocenters. The minimum atomic E-state index is 0. The molecule has 0 saturated carbocycles. The second-order valence-electron chi connectivity index (χ2n) is 6.36. The van der Waals surface area contributed by atoms with Gasteiger partial charge in [-0.05, 0) is 42.4 Å². The number of nitrogens with zero attached hydrogens (tertiary/aromatic N) is 3. The molecule has 1 saturated heterocycles. The highest BCUT2D eigenvalue weighted by atomic mass is 127. The Balaban J connectivity index is 0.00000220. The molecule has 1 aromatic rings. The van der Waals surface area contributed by atoms with E-state index < -0.39 is 0 Å². The lowest BCUT2D eigenvalue weighted by Crippen LogP contribution is -2.41. The summed E-state index contributed by atoms with van der Waals surface area (Å²) in [7, 11) is 1.87. The zero-order valence-electron chi connectivity index (χ0n) is 13.5. The predicted octanol–water partition coefficient (Wildman–Crippen LogP) is 2.86. The topological polar surface area (TPSA) is 40.5 Å². The molecule has 0 amide bonds. The molecule has 0 aromatic carbocycles. The fraction of sp³-hybridized carbons (Fsp3) is 0.625. The molecule has 1 aliphatic heterocycles. The zero-order valence-corrected chi connectivity index (χ0v) is 15.8. The van der Waals surface area contributed by atoms with Gasteiger partial charge in [-0.15, -0.1) is 24.0 Å². The number of aryl methyl sites for hydroxylation is 1. The van der Waals surface area contributed by atoms with Crippen LogP contribution in [0.2, 0.25) is 0 Å². The van der Waals surface area contributed by atoms with Crippen molar-refractivity contribution in [2.24, 2.45) is 10.4 Å². The molecule has 2 heterocycles. The first-order valence-corrected chi connectivity index (χ1v) is 7.37. The molecular weight excluding hydrogens is 375 g/mol. The smallest absolute Gasteiger partial charge is 0.193 e. The minimum absolute atomic E-state index is 0. The normalized spacial score (nSPS) is 17.5. The summed E-state index contributed by atoms with van der Waals surface area (Å²) < 4.78 is 0. The van der Waals surface area contributed by atoms with Gasteiger partial charge in [0, 0.05) is 39.1 Å². The number of nitrogens with one attached hydrogen (secondary N) is 1. The molecule has 0 spiro atoms. The van der Waals surface area contributed by atoms with E-state index in [0.717, 1.165) is 32.0 Å². The number of halogens is 1. The Morgan fingerprint density at radius 2 is 2.24 bits per heavy atom. The minimum Gasteiger partial charge on any atom is -0.356 e. The molecule has 4 nitrogen and oxygen atoms in total. The number of aromatic nitrogens is 1. The van der Waals surface area contributed by atoms with Crippen molar-refractivity contribution in [2.45, 2.75) is 33.6 Å². The summed E-state index contributed by atoms with van der Waals surface area (Å²) in [5.41, 5.74) is 3.01. The van der Waals surface area contributed by atoms with Crippen molar-refractivity contribution in [3.63, 3.8) is 0 Å². The highest BCUT2D eigenvalue weighted by Gasteiger charge is 2.30. The quantitative estimate of drug-likeness (QED) is 0.480. The molecular formula is C16H27IN4. The van der Waals surface area contributed by atoms with Gasteiger partial charge in [0.05, 0.1) is 0 Å². The van der Waals surface area contributed by atoms with Crippen molar-refractivity contribution >= 4 is 29.9 Å². The lowest BCUT2D eigenvalue weighted by Gasteiger charge is -2.23. The highest BCUT2D eigenvalue weighted by molar-refractivity contribution is 14.0. The molecule has 1 N–H and O–H groups in total. The highest BCUT2D eigenvalue weighted by Crippen LogP contribution is 2.28. The number of hydrogen-bond acceptors (Lipinski definition) is 2. The standard InChI is InChI=1S/C16H26N4.HI/c1-13-11-18-8-5-14(13)6-9-19-15(17-4)20-10-7-16(2,3)12-20;/h5,8,11H,6-7,9-10,12H2,1-4H3,(H,17,19);1H. The number of aliphatic imine (C=N–C) groups is 1. The van der Waals surface area contributed by atoms with Crippen molar-refractivity contribution < 1.29 is 0 Å². The van der Waals surface area contributed by atoms with Crippen LogP contribution in [0.5, 0.6) is 0 Å². The van der Waals surface area contributed by atoms with Gasteiger partial charge in [0.2, 0.25) is 0 Å². The molecule has 5 heteroatoms. The van der Waals surface area contributed by atoms with Crippen LogP contribution in [0, 0.1) is 12.3 Å². The summed E-state index contributed by atoms with van der Waals surface area (Å²) in [6.07, 6.45) is 6.02. The average molecular weight is 402 g/mol. The molecule has 2 rings (SSSR count). The van der Waals surface area contributed by atoms with E-state index in [1.54, 1.807) is 0 Å². The third-order valence-electron chi connectivity index (χ3n) is 4.00. The van der Waals surface area contributed by atoms with Crippen LogP contribution in [0.15, 0.2) is 23.5 Å². The van der Waals surface area contributed by atoms with E-state index in [9.17, 15) is 0 Å². The summed E-state index contributed by atoms with van der Waals surface area (Å²) in [6, 6.07) is 2.10. The summed E-state index contributed by atoms with van der Waals surface area (Å²) >= 11 is 0. The van der Waals surface area contributed by atoms with Gasteiger partial charge in [-0.3, -0.25) is 9.98 Å². The Hall–Kier alpha value is -0.850. The van der Waals surface area contributed by atoms with Crippen molar-refractivity contribution in [3.8, 4) is 0 Å². The van der Waals surface area contributed by atoms with Gasteiger partial charge in [-0.25, -0.2) is 0 Å². The monoisotopic (exact) mass is 402 g/mol. The molecule has 21 heavy (non-hydrogen) atoms. The number of pyridine rings is 1. The van der Waals surface area contributed by atoms with Crippen molar-refractivity contribution in [3.05, 3.63) is 29.6 Å². The van der Waals surface area contributed by atoms with E-state index in [2.05, 4.69) is 47.0 Å². The molecule has 0 aliphatic carbocycles. The first-order chi connectivity index (χ1) is 9.52. The fourth-order valence-corrected chi connectivity index (χ4v) is 2.72. The second kappa shape index (κ2) is 7.96. The number of rotatable bonds is 3. The van der Waals surface area contributed by atoms with E-state index >= 15 is 0 Å². The van der Waals surface area contributed by atoms with Crippen LogP contribution in [0.25, 0.3) is 0 Å². The van der Waals surface area contributed by atoms with Crippen LogP contribution in [-0.4, -0.2) is 42.5 Å². The van der Waals surface area contributed by atoms with Crippen LogP contribution >= 0.6 is 24.0 Å². The van der Waals surface area contributed by atoms with E-state index in [-0.39, 0.29) is 24.0 Å². The maximum absolute atomic E-state index is 4.41. The number of likely N-dealkylation sites (tertiary alicyclic amines) is 1. The Morgan fingerprint density at radius 1 is 1.48 bits per heavy atom. The Bertz CT molecular complexity index is 485. The van der Waals surface area contributed by atoms with Gasteiger partial charge >= 0.3 is 0 Å². The molecule has 118 valence electrons. The summed E-state index contributed by atoms with van der Waals surface area (Å²) in [4.78, 5) is 10.9. The lowest BCUT2D eigenvalue weighted by atomic mass is 9.93. The van der Waals surface area contributed by atoms with E-state index in [0.29, 0.717) is 5.41 Å². The van der Waals surface area contributed by atoms with E-state index in [1.165, 1.54) is 17.5 Å². The van der Waals surface area contributed by atoms with Crippen molar-refractivity contribution in [2.75, 3.05) is 26.7 Å². The van der Waals surface area contributed by atoms with Gasteiger partial charge in [0.15, 0.2) is 5.96 Å². The van der Waals surface area contributed by atoms with Gasteiger partial charge in [-0.1, -0.05) is 13.8 Å². The summed E-state index contributed by atoms with van der Waals surface area (Å²) in [6.45, 7) is 9.84. The van der Waals surface area contributed by atoms with Gasteiger partial charge in [0.1, 0.15) is 0 Å². The first-order valence-electron chi connectivity index (χ1n) is 7.37. The Kier molecular flexibility index (Phi) is 6.90. The van der Waals surface area contributed by atoms with Crippen LogP contribution < -0.4 is 5.32 Å². The lowest BCUT2D eigenvalue weighted by molar-refractivity contribution is 0.370. The molecule has 0 unspecified atom stereocenters. The van der Waals surface area contributed by atoms with E-state index in [4.69, 9.17) is 0 Å². The Morgan fingerprint density at radius 3 is 2.81 bits per heavy atom. The first kappa shape index (κ1) is 18.2. The molecule has 1 aliphatic rings. The molecule has 0 radical (unpaired) electrons. The zero-order chi connectivity index (χ0) is 14.6. The summed E-state index contributed by atoms with van der Waals surface area (Å²) in [5.74, 6) is 1.03. The van der Waals surface area contributed by atoms with Crippen LogP contribution in [0.1, 0.15) is 31.4 Å². The molecule has 0 bridgehead atoms. The third kappa shape index (κ3) is 5.13. The van der Waals surface area contributed by atoms with Crippen molar-refractivity contribution in [1.29, 1.82) is 0 Å². The van der Waals surface area contributed by atoms with Crippen LogP contribution in [0.4, 0.5) is 0 Å². The Labute approximate surface area is 145 Å². The predicted molar refractivity (Wildman–Crippen MR) is 99.4 cm³/mol. The van der Waals surface area contributed by atoms with Gasteiger partial charge in [-0.2, -0.15) is 0 Å². The molecule has 1 aromatic heterocycles.